The maximum Gasteiger partial charge on any atom is 0.311 e. The normalized spacial score (nSPS) is 24.7. The second-order valence-corrected chi connectivity index (χ2v) is 2.32. The minimum Gasteiger partial charge on any atom is -0.450 e. The van der Waals surface area contributed by atoms with E-state index in [0.717, 1.165) is 19.5 Å². The number of hydrogen-bond acceptors (Lipinski definition) is 4. The van der Waals surface area contributed by atoms with Gasteiger partial charge in [-0.2, -0.15) is 0 Å². The van der Waals surface area contributed by atoms with Crippen molar-refractivity contribution in [3.8, 4) is 0 Å². The molecule has 3 N–H and O–H groups in total. The van der Waals surface area contributed by atoms with Crippen molar-refractivity contribution in [2.24, 2.45) is 11.7 Å². The third-order valence-corrected chi connectivity index (χ3v) is 1.62. The molecule has 1 rings (SSSR count). The highest BCUT2D eigenvalue weighted by molar-refractivity contribution is 5.73. The van der Waals surface area contributed by atoms with E-state index < -0.39 is 0 Å². The maximum absolute atomic E-state index is 10.9. The fraction of sp³-hybridized carbons (Fsp3) is 0.833. The van der Waals surface area contributed by atoms with Crippen LogP contribution in [-0.4, -0.2) is 25.8 Å². The standard InChI is InChI=1S/C6H12N2O2/c7-4-10-6(9)5-1-2-8-3-5/h5,8H,1-4,7H2. The van der Waals surface area contributed by atoms with Crippen molar-refractivity contribution in [3.05, 3.63) is 0 Å². The van der Waals surface area contributed by atoms with Crippen LogP contribution in [0, 0.1) is 5.92 Å². The largest absolute Gasteiger partial charge is 0.450 e. The van der Waals surface area contributed by atoms with Crippen LogP contribution in [0.15, 0.2) is 0 Å². The van der Waals surface area contributed by atoms with Crippen LogP contribution in [0.25, 0.3) is 0 Å². The predicted molar refractivity (Wildman–Crippen MR) is 36.1 cm³/mol. The highest BCUT2D eigenvalue weighted by Gasteiger charge is 2.22. The van der Waals surface area contributed by atoms with E-state index in [1.807, 2.05) is 0 Å². The molecule has 0 aliphatic carbocycles. The second-order valence-electron chi connectivity index (χ2n) is 2.32. The first kappa shape index (κ1) is 7.50. The van der Waals surface area contributed by atoms with Gasteiger partial charge in [-0.15, -0.1) is 0 Å². The summed E-state index contributed by atoms with van der Waals surface area (Å²) in [7, 11) is 0. The molecule has 4 heteroatoms. The SMILES string of the molecule is NCOC(=O)C1CCNC1. The van der Waals surface area contributed by atoms with Crippen molar-refractivity contribution < 1.29 is 9.53 Å². The summed E-state index contributed by atoms with van der Waals surface area (Å²) in [6.45, 7) is 1.64. The molecule has 58 valence electrons. The van der Waals surface area contributed by atoms with Crippen LogP contribution < -0.4 is 11.1 Å². The quantitative estimate of drug-likeness (QED) is 0.387. The molecule has 10 heavy (non-hydrogen) atoms. The summed E-state index contributed by atoms with van der Waals surface area (Å²) in [6, 6.07) is 0. The lowest BCUT2D eigenvalue weighted by molar-refractivity contribution is -0.147. The molecule has 0 radical (unpaired) electrons. The summed E-state index contributed by atoms with van der Waals surface area (Å²) in [5, 5.41) is 3.07. The summed E-state index contributed by atoms with van der Waals surface area (Å²) in [6.07, 6.45) is 0.874. The molecule has 1 unspecified atom stereocenters. The lowest BCUT2D eigenvalue weighted by Gasteiger charge is -2.05. The van der Waals surface area contributed by atoms with Gasteiger partial charge in [0.05, 0.1) is 5.92 Å². The van der Waals surface area contributed by atoms with Crippen molar-refractivity contribution in [3.63, 3.8) is 0 Å². The average molecular weight is 144 g/mol. The Morgan fingerprint density at radius 2 is 2.60 bits per heavy atom. The van der Waals surface area contributed by atoms with Gasteiger partial charge in [0.25, 0.3) is 0 Å². The summed E-state index contributed by atoms with van der Waals surface area (Å²) in [4.78, 5) is 10.9. The van der Waals surface area contributed by atoms with Crippen LogP contribution in [0.3, 0.4) is 0 Å². The van der Waals surface area contributed by atoms with Gasteiger partial charge in [-0.25, -0.2) is 0 Å². The molecule has 0 aromatic carbocycles. The van der Waals surface area contributed by atoms with Crippen LogP contribution >= 0.6 is 0 Å². The van der Waals surface area contributed by atoms with Gasteiger partial charge in [0.2, 0.25) is 0 Å². The van der Waals surface area contributed by atoms with Crippen LogP contribution in [0.4, 0.5) is 0 Å². The Balaban J connectivity index is 2.25. The molecule has 0 aromatic heterocycles. The molecule has 1 fully saturated rings. The highest BCUT2D eigenvalue weighted by atomic mass is 16.5. The molecule has 0 saturated carbocycles. The Bertz CT molecular complexity index is 121. The molecule has 0 aromatic rings. The Morgan fingerprint density at radius 1 is 1.80 bits per heavy atom. The van der Waals surface area contributed by atoms with E-state index in [4.69, 9.17) is 5.73 Å². The number of carbonyl (C=O) groups is 1. The zero-order valence-electron chi connectivity index (χ0n) is 5.80. The van der Waals surface area contributed by atoms with E-state index in [-0.39, 0.29) is 18.6 Å². The van der Waals surface area contributed by atoms with Crippen molar-refractivity contribution in [1.29, 1.82) is 0 Å². The lowest BCUT2D eigenvalue weighted by Crippen LogP contribution is -2.22. The topological polar surface area (TPSA) is 64.3 Å². The van der Waals surface area contributed by atoms with Gasteiger partial charge in [0.1, 0.15) is 6.73 Å². The number of rotatable bonds is 2. The van der Waals surface area contributed by atoms with Crippen LogP contribution in [0.1, 0.15) is 6.42 Å². The Kier molecular flexibility index (Phi) is 2.65. The number of hydrogen-bond donors (Lipinski definition) is 2. The molecular formula is C6H12N2O2. The smallest absolute Gasteiger partial charge is 0.311 e. The number of esters is 1. The summed E-state index contributed by atoms with van der Waals surface area (Å²) in [5.41, 5.74) is 5.03. The second kappa shape index (κ2) is 3.53. The zero-order valence-corrected chi connectivity index (χ0v) is 5.80. The fourth-order valence-electron chi connectivity index (χ4n) is 1.06. The maximum atomic E-state index is 10.9. The van der Waals surface area contributed by atoms with Crippen molar-refractivity contribution >= 4 is 5.97 Å². The van der Waals surface area contributed by atoms with Crippen LogP contribution in [0.2, 0.25) is 0 Å². The Labute approximate surface area is 59.7 Å². The van der Waals surface area contributed by atoms with Crippen LogP contribution in [-0.2, 0) is 9.53 Å². The van der Waals surface area contributed by atoms with Gasteiger partial charge in [-0.3, -0.25) is 10.5 Å². The molecule has 0 amide bonds. The molecule has 1 aliphatic rings. The average Bonchev–Trinajstić information content (AvgIpc) is 2.38. The third kappa shape index (κ3) is 1.68. The third-order valence-electron chi connectivity index (χ3n) is 1.62. The van der Waals surface area contributed by atoms with E-state index in [9.17, 15) is 4.79 Å². The summed E-state index contributed by atoms with van der Waals surface area (Å²) < 4.78 is 4.62. The van der Waals surface area contributed by atoms with Crippen molar-refractivity contribution in [2.45, 2.75) is 6.42 Å². The van der Waals surface area contributed by atoms with E-state index in [2.05, 4.69) is 10.1 Å². The first-order chi connectivity index (χ1) is 4.84. The first-order valence-electron chi connectivity index (χ1n) is 3.42. The fourth-order valence-corrected chi connectivity index (χ4v) is 1.06. The summed E-state index contributed by atoms with van der Waals surface area (Å²) >= 11 is 0. The molecule has 4 nitrogen and oxygen atoms in total. The minimum absolute atomic E-state index is 0.00463. The Morgan fingerprint density at radius 3 is 3.10 bits per heavy atom. The predicted octanol–water partition coefficient (Wildman–Crippen LogP) is -0.945. The van der Waals surface area contributed by atoms with E-state index >= 15 is 0 Å². The number of nitrogens with one attached hydrogen (secondary N) is 1. The number of nitrogens with two attached hydrogens (primary N) is 1. The molecule has 1 atom stereocenters. The van der Waals surface area contributed by atoms with Crippen LogP contribution in [0.5, 0.6) is 0 Å². The van der Waals surface area contributed by atoms with E-state index in [1.165, 1.54) is 0 Å². The molecule has 1 saturated heterocycles. The molecule has 1 aliphatic heterocycles. The van der Waals surface area contributed by atoms with Gasteiger partial charge in [-0.05, 0) is 13.0 Å². The van der Waals surface area contributed by atoms with Gasteiger partial charge >= 0.3 is 5.97 Å². The lowest BCUT2D eigenvalue weighted by atomic mass is 10.1. The van der Waals surface area contributed by atoms with Crippen molar-refractivity contribution in [1.82, 2.24) is 5.32 Å². The van der Waals surface area contributed by atoms with Gasteiger partial charge < -0.3 is 10.1 Å². The van der Waals surface area contributed by atoms with Gasteiger partial charge in [-0.1, -0.05) is 0 Å². The monoisotopic (exact) mass is 144 g/mol. The number of ether oxygens (including phenoxy) is 1. The molecule has 1 heterocycles. The Hall–Kier alpha value is -0.610. The molecule has 0 bridgehead atoms. The number of carbonyl (C=O) groups excluding carboxylic acids is 1. The summed E-state index contributed by atoms with van der Waals surface area (Å²) in [5.74, 6) is -0.143. The molecular weight excluding hydrogens is 132 g/mol. The first-order valence-corrected chi connectivity index (χ1v) is 3.42. The molecule has 0 spiro atoms. The van der Waals surface area contributed by atoms with Gasteiger partial charge in [0.15, 0.2) is 0 Å². The van der Waals surface area contributed by atoms with E-state index in [0.29, 0.717) is 0 Å². The van der Waals surface area contributed by atoms with E-state index in [1.54, 1.807) is 0 Å². The zero-order chi connectivity index (χ0) is 7.40. The van der Waals surface area contributed by atoms with Gasteiger partial charge in [0, 0.05) is 6.54 Å². The highest BCUT2D eigenvalue weighted by Crippen LogP contribution is 2.08. The minimum atomic E-state index is -0.174. The van der Waals surface area contributed by atoms with Crippen molar-refractivity contribution in [2.75, 3.05) is 19.8 Å².